The third kappa shape index (κ3) is 7.67. The van der Waals surface area contributed by atoms with Gasteiger partial charge in [0.15, 0.2) is 11.6 Å². The van der Waals surface area contributed by atoms with Crippen molar-refractivity contribution in [2.45, 2.75) is 133 Å². The van der Waals surface area contributed by atoms with Gasteiger partial charge in [-0.15, -0.1) is 0 Å². The minimum atomic E-state index is -0.718. The molecule has 0 bridgehead atoms. The van der Waals surface area contributed by atoms with Crippen molar-refractivity contribution < 1.29 is 19.1 Å². The molecule has 1 N–H and O–H groups in total. The van der Waals surface area contributed by atoms with Gasteiger partial charge in [0.05, 0.1) is 5.57 Å². The molecule has 1 aromatic carbocycles. The van der Waals surface area contributed by atoms with Crippen molar-refractivity contribution in [2.75, 3.05) is 0 Å². The van der Waals surface area contributed by atoms with E-state index >= 15 is 0 Å². The van der Waals surface area contributed by atoms with Crippen LogP contribution in [0.25, 0.3) is 0 Å². The lowest BCUT2D eigenvalue weighted by Gasteiger charge is -2.61. The summed E-state index contributed by atoms with van der Waals surface area (Å²) in [6, 6.07) is 11.9. The summed E-state index contributed by atoms with van der Waals surface area (Å²) in [5.74, 6) is -0.171. The van der Waals surface area contributed by atoms with Crippen LogP contribution < -0.4 is 5.32 Å². The minimum Gasteiger partial charge on any atom is -0.445 e. The summed E-state index contributed by atoms with van der Waals surface area (Å²) >= 11 is 0. The highest BCUT2D eigenvalue weighted by molar-refractivity contribution is 6.04. The molecule has 0 unspecified atom stereocenters. The summed E-state index contributed by atoms with van der Waals surface area (Å²) in [4.78, 5) is 39.4. The molecular weight excluding hydrogens is 572 g/mol. The molecule has 0 radical (unpaired) electrons. The second kappa shape index (κ2) is 13.5. The molecule has 0 aliphatic heterocycles. The number of hydrogen-bond acceptors (Lipinski definition) is 5. The number of ketones is 2. The van der Waals surface area contributed by atoms with E-state index in [4.69, 9.17) is 4.74 Å². The fourth-order valence-electron chi connectivity index (χ4n) is 8.02. The summed E-state index contributed by atoms with van der Waals surface area (Å²) in [5.41, 5.74) is -0.255. The SMILES string of the molecule is CCC(C)(C)CC[C@@](C)(CCC(C)(C)[C@]1(C)CC[C@H]2C(C)(C)C(=O)C(C#N)=C[C@]2(C)/C1=C/C(C)=O)NC(=O)OCc1ccccc1. The number of nitrogens with one attached hydrogen (secondary N) is 1. The first-order chi connectivity index (χ1) is 21.2. The van der Waals surface area contributed by atoms with Gasteiger partial charge in [-0.3, -0.25) is 9.59 Å². The van der Waals surface area contributed by atoms with Crippen molar-refractivity contribution in [1.29, 1.82) is 5.26 Å². The molecule has 1 fully saturated rings. The maximum Gasteiger partial charge on any atom is 0.407 e. The monoisotopic (exact) mass is 630 g/mol. The summed E-state index contributed by atoms with van der Waals surface area (Å²) in [7, 11) is 0. The van der Waals surface area contributed by atoms with Gasteiger partial charge in [-0.1, -0.05) is 111 Å². The van der Waals surface area contributed by atoms with Crippen LogP contribution in [0.4, 0.5) is 4.79 Å². The van der Waals surface area contributed by atoms with Gasteiger partial charge in [-0.05, 0) is 86.2 Å². The number of benzene rings is 1. The van der Waals surface area contributed by atoms with E-state index in [2.05, 4.69) is 66.8 Å². The fourth-order valence-corrected chi connectivity index (χ4v) is 8.02. The summed E-state index contributed by atoms with van der Waals surface area (Å²) in [6.45, 7) is 23.5. The van der Waals surface area contributed by atoms with E-state index in [1.54, 1.807) is 13.0 Å². The van der Waals surface area contributed by atoms with Gasteiger partial charge in [0, 0.05) is 16.4 Å². The van der Waals surface area contributed by atoms with Crippen molar-refractivity contribution in [3.05, 3.63) is 59.2 Å². The van der Waals surface area contributed by atoms with Crippen LogP contribution in [-0.2, 0) is 20.9 Å². The Morgan fingerprint density at radius 2 is 1.63 bits per heavy atom. The molecule has 46 heavy (non-hydrogen) atoms. The van der Waals surface area contributed by atoms with Crippen molar-refractivity contribution in [2.24, 2.45) is 33.0 Å². The average molecular weight is 631 g/mol. The zero-order valence-corrected chi connectivity index (χ0v) is 30.4. The smallest absolute Gasteiger partial charge is 0.407 e. The molecule has 4 atom stereocenters. The van der Waals surface area contributed by atoms with Crippen LogP contribution >= 0.6 is 0 Å². The maximum absolute atomic E-state index is 13.3. The Morgan fingerprint density at radius 3 is 2.20 bits per heavy atom. The first-order valence-electron chi connectivity index (χ1n) is 17.1. The third-order valence-electron chi connectivity index (χ3n) is 12.2. The number of carbonyl (C=O) groups excluding carboxylic acids is 3. The molecule has 6 nitrogen and oxygen atoms in total. The fraction of sp³-hybridized carbons (Fsp3) is 0.650. The van der Waals surface area contributed by atoms with E-state index in [-0.39, 0.29) is 40.5 Å². The number of nitrogens with zero attached hydrogens (tertiary/aromatic N) is 1. The van der Waals surface area contributed by atoms with Gasteiger partial charge in [-0.25, -0.2) is 4.79 Å². The van der Waals surface area contributed by atoms with E-state index in [0.29, 0.717) is 0 Å². The van der Waals surface area contributed by atoms with E-state index in [1.807, 2.05) is 50.3 Å². The van der Waals surface area contributed by atoms with Crippen LogP contribution in [0.5, 0.6) is 0 Å². The molecule has 252 valence electrons. The number of allylic oxidation sites excluding steroid dienone is 4. The number of hydrogen-bond donors (Lipinski definition) is 1. The average Bonchev–Trinajstić information content (AvgIpc) is 2.98. The lowest BCUT2D eigenvalue weighted by molar-refractivity contribution is -0.131. The predicted molar refractivity (Wildman–Crippen MR) is 185 cm³/mol. The van der Waals surface area contributed by atoms with E-state index < -0.39 is 27.9 Å². The second-order valence-electron chi connectivity index (χ2n) is 16.7. The zero-order chi connectivity index (χ0) is 34.8. The minimum absolute atomic E-state index is 0.0262. The Hall–Kier alpha value is -3.20. The normalized spacial score (nSPS) is 26.7. The number of fused-ring (bicyclic) bond motifs is 1. The van der Waals surface area contributed by atoms with Crippen LogP contribution in [0.3, 0.4) is 0 Å². The lowest BCUT2D eigenvalue weighted by Crippen LogP contribution is -2.56. The highest BCUT2D eigenvalue weighted by atomic mass is 16.5. The van der Waals surface area contributed by atoms with Crippen molar-refractivity contribution in [3.63, 3.8) is 0 Å². The predicted octanol–water partition coefficient (Wildman–Crippen LogP) is 9.69. The number of amides is 1. The molecule has 1 amide bonds. The number of ether oxygens (including phenoxy) is 1. The number of rotatable bonds is 12. The van der Waals surface area contributed by atoms with Crippen LogP contribution in [0, 0.1) is 44.3 Å². The maximum atomic E-state index is 13.3. The van der Waals surface area contributed by atoms with E-state index in [1.165, 1.54) is 0 Å². The van der Waals surface area contributed by atoms with Gasteiger partial charge >= 0.3 is 6.09 Å². The van der Waals surface area contributed by atoms with Crippen molar-refractivity contribution >= 4 is 17.7 Å². The molecule has 1 saturated carbocycles. The van der Waals surface area contributed by atoms with Gasteiger partial charge in [-0.2, -0.15) is 5.26 Å². The highest BCUT2D eigenvalue weighted by Gasteiger charge is 2.61. The van der Waals surface area contributed by atoms with Gasteiger partial charge < -0.3 is 10.1 Å². The van der Waals surface area contributed by atoms with Crippen LogP contribution in [-0.4, -0.2) is 23.2 Å². The molecule has 0 heterocycles. The number of carbonyl (C=O) groups is 3. The highest BCUT2D eigenvalue weighted by Crippen LogP contribution is 2.67. The van der Waals surface area contributed by atoms with Gasteiger partial charge in [0.2, 0.25) is 0 Å². The second-order valence-corrected chi connectivity index (χ2v) is 16.7. The van der Waals surface area contributed by atoms with Crippen LogP contribution in [0.1, 0.15) is 127 Å². The van der Waals surface area contributed by atoms with E-state index in [0.717, 1.165) is 56.1 Å². The Kier molecular flexibility index (Phi) is 10.9. The molecule has 1 aromatic rings. The first kappa shape index (κ1) is 37.3. The molecule has 3 rings (SSSR count). The molecule has 6 heteroatoms. The molecule has 0 spiro atoms. The van der Waals surface area contributed by atoms with Crippen LogP contribution in [0.15, 0.2) is 53.6 Å². The van der Waals surface area contributed by atoms with Gasteiger partial charge in [0.1, 0.15) is 12.7 Å². The molecule has 0 saturated heterocycles. The standard InChI is InChI=1S/C40H58N2O4/c1-12-35(3,4)20-22-38(9,42-34(45)46-27-29-16-14-13-15-17-29)23-21-36(5,6)40(11)19-18-31-37(7,8)33(44)30(26-41)25-39(31,10)32(40)24-28(2)43/h13-17,24-25,31H,12,18-23,27H2,1-11H3,(H,42,45)/b32-24-/t31-,38-,39-,40+/m0/s1. The lowest BCUT2D eigenvalue weighted by atomic mass is 9.42. The molecule has 0 aromatic heterocycles. The Labute approximate surface area is 278 Å². The quantitative estimate of drug-likeness (QED) is 0.232. The zero-order valence-electron chi connectivity index (χ0n) is 30.4. The van der Waals surface area contributed by atoms with Gasteiger partial charge in [0.25, 0.3) is 0 Å². The van der Waals surface area contributed by atoms with E-state index in [9.17, 15) is 19.6 Å². The summed E-state index contributed by atoms with van der Waals surface area (Å²) < 4.78 is 5.68. The van der Waals surface area contributed by atoms with Crippen LogP contribution in [0.2, 0.25) is 0 Å². The van der Waals surface area contributed by atoms with Crippen molar-refractivity contribution in [3.8, 4) is 6.07 Å². The Bertz CT molecular complexity index is 1410. The third-order valence-corrected chi connectivity index (χ3v) is 12.2. The number of nitriles is 1. The summed E-state index contributed by atoms with van der Waals surface area (Å²) in [6.07, 6.45) is 9.18. The summed E-state index contributed by atoms with van der Waals surface area (Å²) in [5, 5.41) is 13.2. The number of Topliss-reactive ketones (excluding diaryl/α,β-unsaturated/α-hetero) is 1. The Morgan fingerprint density at radius 1 is 1.02 bits per heavy atom. The largest absolute Gasteiger partial charge is 0.445 e. The molecular formula is C40H58N2O4. The molecule has 2 aliphatic rings. The number of alkyl carbamates (subject to hydrolysis) is 1. The first-order valence-corrected chi connectivity index (χ1v) is 17.1. The molecule has 2 aliphatic carbocycles. The van der Waals surface area contributed by atoms with Crippen molar-refractivity contribution in [1.82, 2.24) is 5.32 Å². The topological polar surface area (TPSA) is 96.3 Å². The Balaban J connectivity index is 1.95.